The van der Waals surface area contributed by atoms with Crippen molar-refractivity contribution in [2.24, 2.45) is 0 Å². The summed E-state index contributed by atoms with van der Waals surface area (Å²) >= 11 is 0. The van der Waals surface area contributed by atoms with Crippen molar-refractivity contribution < 1.29 is 28.6 Å². The van der Waals surface area contributed by atoms with Gasteiger partial charge in [0, 0.05) is 19.3 Å². The van der Waals surface area contributed by atoms with E-state index in [0.29, 0.717) is 19.3 Å². The third kappa shape index (κ3) is 69.0. The number of carbonyl (C=O) groups excluding carboxylic acids is 3. The monoisotopic (exact) mass is 1160 g/mol. The number of unbranched alkanes of at least 4 members (excludes halogenated alkanes) is 38. The zero-order chi connectivity index (χ0) is 59.9. The van der Waals surface area contributed by atoms with E-state index < -0.39 is 6.10 Å². The largest absolute Gasteiger partial charge is 0.462 e. The van der Waals surface area contributed by atoms with Crippen LogP contribution in [0.3, 0.4) is 0 Å². The van der Waals surface area contributed by atoms with E-state index in [0.717, 1.165) is 103 Å². The van der Waals surface area contributed by atoms with Crippen molar-refractivity contribution in [3.05, 3.63) is 97.2 Å². The molecule has 0 spiro atoms. The van der Waals surface area contributed by atoms with Crippen LogP contribution in [0, 0.1) is 0 Å². The fourth-order valence-electron chi connectivity index (χ4n) is 10.2. The Morgan fingerprint density at radius 3 is 0.747 bits per heavy atom. The molecule has 0 amide bonds. The van der Waals surface area contributed by atoms with Gasteiger partial charge in [0.25, 0.3) is 0 Å². The predicted molar refractivity (Wildman–Crippen MR) is 362 cm³/mol. The first-order valence-corrected chi connectivity index (χ1v) is 35.7. The van der Waals surface area contributed by atoms with E-state index in [2.05, 4.69) is 118 Å². The minimum atomic E-state index is -0.785. The lowest BCUT2D eigenvalue weighted by Crippen LogP contribution is -2.30. The molecule has 478 valence electrons. The molecule has 0 saturated heterocycles. The van der Waals surface area contributed by atoms with Crippen LogP contribution in [0.25, 0.3) is 0 Å². The normalized spacial score (nSPS) is 12.7. The lowest BCUT2D eigenvalue weighted by molar-refractivity contribution is -0.167. The number of allylic oxidation sites excluding steroid dienone is 16. The zero-order valence-corrected chi connectivity index (χ0v) is 54.9. The van der Waals surface area contributed by atoms with Crippen LogP contribution in [0.15, 0.2) is 97.2 Å². The second kappa shape index (κ2) is 70.8. The first kappa shape index (κ1) is 79.3. The van der Waals surface area contributed by atoms with Crippen LogP contribution in [0.4, 0.5) is 0 Å². The summed E-state index contributed by atoms with van der Waals surface area (Å²) < 4.78 is 17.0. The van der Waals surface area contributed by atoms with Gasteiger partial charge in [-0.05, 0) is 122 Å². The van der Waals surface area contributed by atoms with E-state index in [9.17, 15) is 14.4 Å². The van der Waals surface area contributed by atoms with Crippen molar-refractivity contribution in [3.8, 4) is 0 Å². The summed E-state index contributed by atoms with van der Waals surface area (Å²) in [4.78, 5) is 38.5. The molecule has 1 unspecified atom stereocenters. The Bertz CT molecular complexity index is 1610. The van der Waals surface area contributed by atoms with Crippen molar-refractivity contribution in [2.45, 2.75) is 361 Å². The Balaban J connectivity index is 4.33. The molecule has 83 heavy (non-hydrogen) atoms. The molecule has 0 aromatic rings. The van der Waals surface area contributed by atoms with Crippen LogP contribution in [0.2, 0.25) is 0 Å². The van der Waals surface area contributed by atoms with Gasteiger partial charge in [0.15, 0.2) is 6.10 Å². The molecule has 0 aliphatic rings. The van der Waals surface area contributed by atoms with E-state index in [1.54, 1.807) is 0 Å². The highest BCUT2D eigenvalue weighted by atomic mass is 16.6. The molecule has 0 fully saturated rings. The minimum Gasteiger partial charge on any atom is -0.462 e. The summed E-state index contributed by atoms with van der Waals surface area (Å²) in [5.41, 5.74) is 0. The Morgan fingerprint density at radius 1 is 0.253 bits per heavy atom. The summed E-state index contributed by atoms with van der Waals surface area (Å²) in [5.74, 6) is -0.877. The maximum Gasteiger partial charge on any atom is 0.306 e. The molecule has 6 heteroatoms. The molecular weight excluding hydrogens is 1020 g/mol. The van der Waals surface area contributed by atoms with Crippen molar-refractivity contribution in [1.82, 2.24) is 0 Å². The Hall–Kier alpha value is -3.67. The third-order valence-corrected chi connectivity index (χ3v) is 15.5. The topological polar surface area (TPSA) is 78.9 Å². The van der Waals surface area contributed by atoms with Gasteiger partial charge in [0.1, 0.15) is 13.2 Å². The van der Waals surface area contributed by atoms with Crippen LogP contribution in [0.5, 0.6) is 0 Å². The van der Waals surface area contributed by atoms with Crippen LogP contribution in [-0.2, 0) is 28.6 Å². The molecule has 0 N–H and O–H groups in total. The number of esters is 3. The molecule has 6 nitrogen and oxygen atoms in total. The average molecular weight is 1160 g/mol. The standard InChI is InChI=1S/C77H134O6/c1-4-7-10-13-16-19-22-25-28-30-32-34-36-37-38-39-41-42-44-46-49-52-55-58-61-64-67-70-76(79)82-73-74(72-81-75(78)69-66-63-60-57-54-51-48-27-24-21-18-15-12-9-6-3)83-77(80)71-68-65-62-59-56-53-50-47-45-43-40-35-33-31-29-26-23-20-17-14-11-8-5-2/h7,10,16,19,23,25-28,31-34,37-38,48,74H,4-6,8-9,11-15,17-18,20-22,24,29-30,35-36,39-47,49-73H2,1-3H3/b10-7-,19-16-,26-23-,28-25-,33-31-,34-32-,38-37-,48-27-. The lowest BCUT2D eigenvalue weighted by Gasteiger charge is -2.18. The average Bonchev–Trinajstić information content (AvgIpc) is 3.49. The van der Waals surface area contributed by atoms with Crippen LogP contribution in [-0.4, -0.2) is 37.2 Å². The van der Waals surface area contributed by atoms with Gasteiger partial charge in [-0.3, -0.25) is 14.4 Å². The Morgan fingerprint density at radius 2 is 0.470 bits per heavy atom. The van der Waals surface area contributed by atoms with E-state index in [-0.39, 0.29) is 31.1 Å². The van der Waals surface area contributed by atoms with Crippen molar-refractivity contribution in [3.63, 3.8) is 0 Å². The fraction of sp³-hybridized carbons (Fsp3) is 0.753. The first-order chi connectivity index (χ1) is 41.0. The lowest BCUT2D eigenvalue weighted by atomic mass is 10.0. The summed E-state index contributed by atoms with van der Waals surface area (Å²) in [5, 5.41) is 0. The second-order valence-corrected chi connectivity index (χ2v) is 23.8. The highest BCUT2D eigenvalue weighted by Crippen LogP contribution is 2.17. The molecule has 1 atom stereocenters. The second-order valence-electron chi connectivity index (χ2n) is 23.8. The first-order valence-electron chi connectivity index (χ1n) is 35.7. The SMILES string of the molecule is CC/C=C\C/C=C\C/C=C\C/C=C\C/C=C\CCCCCCCCCCCCCC(=O)OCC(COC(=O)CCCCCCC/C=C\CCCCCCCC)OC(=O)CCCCCCCCCCCCC/C=C\C/C=C\CCCCCCC. The molecule has 0 aromatic heterocycles. The van der Waals surface area contributed by atoms with Gasteiger partial charge < -0.3 is 14.2 Å². The molecule has 0 aromatic carbocycles. The molecule has 0 aliphatic carbocycles. The molecule has 0 saturated carbocycles. The molecule has 0 rings (SSSR count). The molecule has 0 heterocycles. The quantitative estimate of drug-likeness (QED) is 0.0261. The predicted octanol–water partition coefficient (Wildman–Crippen LogP) is 24.8. The zero-order valence-electron chi connectivity index (χ0n) is 54.9. The van der Waals surface area contributed by atoms with Gasteiger partial charge >= 0.3 is 17.9 Å². The highest BCUT2D eigenvalue weighted by Gasteiger charge is 2.19. The third-order valence-electron chi connectivity index (χ3n) is 15.5. The summed E-state index contributed by atoms with van der Waals surface area (Å²) in [6.45, 7) is 6.54. The van der Waals surface area contributed by atoms with Crippen LogP contribution >= 0.6 is 0 Å². The fourth-order valence-corrected chi connectivity index (χ4v) is 10.2. The molecule has 0 aliphatic heterocycles. The number of ether oxygens (including phenoxy) is 3. The van der Waals surface area contributed by atoms with E-state index in [1.807, 2.05) is 0 Å². The minimum absolute atomic E-state index is 0.0805. The van der Waals surface area contributed by atoms with Crippen molar-refractivity contribution in [2.75, 3.05) is 13.2 Å². The van der Waals surface area contributed by atoms with Crippen molar-refractivity contribution >= 4 is 17.9 Å². The van der Waals surface area contributed by atoms with Gasteiger partial charge in [-0.15, -0.1) is 0 Å². The summed E-state index contributed by atoms with van der Waals surface area (Å²) in [7, 11) is 0. The van der Waals surface area contributed by atoms with Gasteiger partial charge in [-0.2, -0.15) is 0 Å². The van der Waals surface area contributed by atoms with E-state index in [4.69, 9.17) is 14.2 Å². The summed E-state index contributed by atoms with van der Waals surface area (Å²) in [6.07, 6.45) is 95.7. The maximum atomic E-state index is 13.0. The van der Waals surface area contributed by atoms with Crippen molar-refractivity contribution in [1.29, 1.82) is 0 Å². The molecule has 0 radical (unpaired) electrons. The van der Waals surface area contributed by atoms with Gasteiger partial charge in [-0.1, -0.05) is 311 Å². The number of hydrogen-bond acceptors (Lipinski definition) is 6. The maximum absolute atomic E-state index is 13.0. The van der Waals surface area contributed by atoms with E-state index >= 15 is 0 Å². The number of carbonyl (C=O) groups is 3. The summed E-state index contributed by atoms with van der Waals surface area (Å²) in [6, 6.07) is 0. The smallest absolute Gasteiger partial charge is 0.306 e. The number of hydrogen-bond donors (Lipinski definition) is 0. The van der Waals surface area contributed by atoms with Gasteiger partial charge in [0.2, 0.25) is 0 Å². The molecular formula is C77H134O6. The number of rotatable bonds is 65. The van der Waals surface area contributed by atoms with Gasteiger partial charge in [-0.25, -0.2) is 0 Å². The van der Waals surface area contributed by atoms with E-state index in [1.165, 1.54) is 212 Å². The highest BCUT2D eigenvalue weighted by molar-refractivity contribution is 5.71. The Labute approximate surface area is 515 Å². The van der Waals surface area contributed by atoms with Crippen LogP contribution in [0.1, 0.15) is 355 Å². The Kier molecular flexibility index (Phi) is 67.7. The van der Waals surface area contributed by atoms with Crippen LogP contribution < -0.4 is 0 Å². The molecule has 0 bridgehead atoms. The van der Waals surface area contributed by atoms with Gasteiger partial charge in [0.05, 0.1) is 0 Å².